The van der Waals surface area contributed by atoms with E-state index in [1.165, 1.54) is 6.20 Å². The van der Waals surface area contributed by atoms with E-state index >= 15 is 0 Å². The van der Waals surface area contributed by atoms with Crippen LogP contribution >= 0.6 is 0 Å². The summed E-state index contributed by atoms with van der Waals surface area (Å²) < 4.78 is 5.64. The van der Waals surface area contributed by atoms with Crippen LogP contribution in [0.5, 0.6) is 11.6 Å². The van der Waals surface area contributed by atoms with Gasteiger partial charge in [0, 0.05) is 9.05 Å². The number of benzene rings is 1. The maximum Gasteiger partial charge on any atom is 0.238 e. The summed E-state index contributed by atoms with van der Waals surface area (Å²) in [6.45, 7) is 0. The van der Waals surface area contributed by atoms with Crippen LogP contribution in [-0.2, 0) is 0 Å². The largest absolute Gasteiger partial charge is 0.436 e. The van der Waals surface area contributed by atoms with Crippen LogP contribution in [0, 0.1) is 0 Å². The highest BCUT2D eigenvalue weighted by Crippen LogP contribution is 2.26. The summed E-state index contributed by atoms with van der Waals surface area (Å²) in [4.78, 5) is 20.2. The number of nitrogens with one attached hydrogen (secondary N) is 1. The summed E-state index contributed by atoms with van der Waals surface area (Å²) in [6, 6.07) is 11.3. The molecule has 0 spiro atoms. The Morgan fingerprint density at radius 2 is 1.96 bits per heavy atom. The Hall–Kier alpha value is -3.48. The zero-order chi connectivity index (χ0) is 15.6. The molecule has 1 aromatic carbocycles. The van der Waals surface area contributed by atoms with E-state index in [2.05, 4.69) is 24.9 Å². The molecule has 3 aromatic heterocycles. The third-order valence-electron chi connectivity index (χ3n) is 3.25. The fourth-order valence-electron chi connectivity index (χ4n) is 2.20. The molecule has 0 atom stereocenters. The molecule has 0 unspecified atom stereocenters. The fraction of sp³-hybridized carbons (Fsp3) is 0. The number of nitrogens with zero attached hydrogens (tertiary/aromatic N) is 4. The van der Waals surface area contributed by atoms with Crippen LogP contribution in [0.4, 0.5) is 5.82 Å². The van der Waals surface area contributed by atoms with Crippen LogP contribution in [0.25, 0.3) is 22.6 Å². The summed E-state index contributed by atoms with van der Waals surface area (Å²) >= 11 is 0. The minimum atomic E-state index is 0. The van der Waals surface area contributed by atoms with Gasteiger partial charge in [0.25, 0.3) is 0 Å². The van der Waals surface area contributed by atoms with Gasteiger partial charge in [0.2, 0.25) is 5.88 Å². The number of nitrogen functional groups attached to an aromatic ring is 1. The number of H-pyrrole nitrogens is 1. The molecule has 116 valence electrons. The number of aromatic amines is 1. The number of hydrogen-bond donors (Lipinski definition) is 2. The molecule has 0 radical (unpaired) electrons. The quantitative estimate of drug-likeness (QED) is 0.602. The van der Waals surface area contributed by atoms with Crippen molar-refractivity contribution in [3.05, 3.63) is 55.0 Å². The van der Waals surface area contributed by atoms with Gasteiger partial charge < -0.3 is 15.5 Å². The lowest BCUT2D eigenvalue weighted by Crippen LogP contribution is -2.00. The number of fused-ring (bicyclic) bond motifs is 1. The van der Waals surface area contributed by atoms with E-state index in [0.717, 1.165) is 11.0 Å². The van der Waals surface area contributed by atoms with Gasteiger partial charge in [0.15, 0.2) is 17.3 Å². The molecule has 23 heavy (non-hydrogen) atoms. The standard InChI is InChI=1S/C16H12N6O.2H2/c17-15-14(16-20-11-5-1-2-6-12(11)21-16)22-13(9-19-15)23-10-4-3-7-18-8-10;;/h1-9H,(H2,17,19)(H,20,21);2*1H. The Kier molecular flexibility index (Phi) is 3.09. The van der Waals surface area contributed by atoms with Crippen molar-refractivity contribution in [1.29, 1.82) is 0 Å². The van der Waals surface area contributed by atoms with E-state index in [1.807, 2.05) is 24.3 Å². The number of ether oxygens (including phenoxy) is 1. The van der Waals surface area contributed by atoms with E-state index in [4.69, 9.17) is 10.5 Å². The van der Waals surface area contributed by atoms with Gasteiger partial charge in [-0.1, -0.05) is 12.1 Å². The molecule has 7 nitrogen and oxygen atoms in total. The zero-order valence-corrected chi connectivity index (χ0v) is 12.0. The predicted octanol–water partition coefficient (Wildman–Crippen LogP) is 3.28. The molecule has 7 heteroatoms. The van der Waals surface area contributed by atoms with Crippen molar-refractivity contribution in [2.45, 2.75) is 0 Å². The van der Waals surface area contributed by atoms with Crippen LogP contribution in [0.2, 0.25) is 0 Å². The average molecular weight is 308 g/mol. The first-order valence-corrected chi connectivity index (χ1v) is 6.95. The van der Waals surface area contributed by atoms with Crippen molar-refractivity contribution < 1.29 is 7.59 Å². The Morgan fingerprint density at radius 3 is 2.78 bits per heavy atom. The van der Waals surface area contributed by atoms with Crippen molar-refractivity contribution in [1.82, 2.24) is 24.9 Å². The molecule has 4 rings (SSSR count). The highest BCUT2D eigenvalue weighted by molar-refractivity contribution is 5.80. The van der Waals surface area contributed by atoms with Gasteiger partial charge in [-0.05, 0) is 24.3 Å². The van der Waals surface area contributed by atoms with Crippen molar-refractivity contribution in [3.63, 3.8) is 0 Å². The van der Waals surface area contributed by atoms with Crippen LogP contribution in [0.15, 0.2) is 55.0 Å². The number of para-hydroxylation sites is 2. The Bertz CT molecular complexity index is 944. The molecule has 0 fully saturated rings. The summed E-state index contributed by atoms with van der Waals surface area (Å²) in [5.74, 6) is 1.72. The second-order valence-electron chi connectivity index (χ2n) is 4.84. The third-order valence-corrected chi connectivity index (χ3v) is 3.25. The molecule has 0 aliphatic heterocycles. The summed E-state index contributed by atoms with van der Waals surface area (Å²) in [7, 11) is 0. The van der Waals surface area contributed by atoms with Crippen LogP contribution in [-0.4, -0.2) is 24.9 Å². The SMILES string of the molecule is Nc1ncc(Oc2cccnc2)nc1-c1nc2ccccc2[nH]1.[HH].[HH]. The van der Waals surface area contributed by atoms with Crippen molar-refractivity contribution in [2.75, 3.05) is 5.73 Å². The summed E-state index contributed by atoms with van der Waals surface area (Å²) in [5, 5.41) is 0. The van der Waals surface area contributed by atoms with Gasteiger partial charge in [-0.3, -0.25) is 4.98 Å². The molecule has 0 aliphatic carbocycles. The number of aromatic nitrogens is 5. The predicted molar refractivity (Wildman–Crippen MR) is 90.1 cm³/mol. The van der Waals surface area contributed by atoms with Gasteiger partial charge in [-0.2, -0.15) is 0 Å². The molecule has 3 heterocycles. The zero-order valence-electron chi connectivity index (χ0n) is 12.0. The molecule has 3 N–H and O–H groups in total. The smallest absolute Gasteiger partial charge is 0.238 e. The summed E-state index contributed by atoms with van der Waals surface area (Å²) in [6.07, 6.45) is 4.73. The first-order valence-electron chi connectivity index (χ1n) is 6.95. The number of rotatable bonds is 3. The number of anilines is 1. The average Bonchev–Trinajstić information content (AvgIpc) is 3.01. The molecule has 0 saturated carbocycles. The lowest BCUT2D eigenvalue weighted by molar-refractivity contribution is 0.459. The summed E-state index contributed by atoms with van der Waals surface area (Å²) in [5.41, 5.74) is 8.12. The number of nitrogens with two attached hydrogens (primary N) is 1. The minimum Gasteiger partial charge on any atom is -0.436 e. The van der Waals surface area contributed by atoms with Crippen molar-refractivity contribution in [2.24, 2.45) is 0 Å². The van der Waals surface area contributed by atoms with Crippen LogP contribution in [0.1, 0.15) is 2.85 Å². The van der Waals surface area contributed by atoms with E-state index in [9.17, 15) is 0 Å². The number of pyridine rings is 1. The highest BCUT2D eigenvalue weighted by atomic mass is 16.5. The lowest BCUT2D eigenvalue weighted by Gasteiger charge is -2.06. The topological polar surface area (TPSA) is 103 Å². The van der Waals surface area contributed by atoms with E-state index in [-0.39, 0.29) is 8.67 Å². The van der Waals surface area contributed by atoms with E-state index in [1.54, 1.807) is 24.5 Å². The first-order chi connectivity index (χ1) is 11.3. The van der Waals surface area contributed by atoms with Crippen molar-refractivity contribution >= 4 is 16.9 Å². The minimum absolute atomic E-state index is 0. The second-order valence-corrected chi connectivity index (χ2v) is 4.84. The van der Waals surface area contributed by atoms with Gasteiger partial charge in [0.05, 0.1) is 23.4 Å². The first kappa shape index (κ1) is 13.2. The lowest BCUT2D eigenvalue weighted by atomic mass is 10.3. The highest BCUT2D eigenvalue weighted by Gasteiger charge is 2.13. The molecular weight excluding hydrogens is 292 g/mol. The van der Waals surface area contributed by atoms with Crippen LogP contribution in [0.3, 0.4) is 0 Å². The van der Waals surface area contributed by atoms with Gasteiger partial charge in [0.1, 0.15) is 5.75 Å². The number of imidazole rings is 1. The third kappa shape index (κ3) is 2.55. The maximum atomic E-state index is 5.94. The van der Waals surface area contributed by atoms with E-state index < -0.39 is 0 Å². The fourth-order valence-corrected chi connectivity index (χ4v) is 2.20. The Labute approximate surface area is 134 Å². The molecule has 4 aromatic rings. The Morgan fingerprint density at radius 1 is 1.04 bits per heavy atom. The monoisotopic (exact) mass is 308 g/mol. The maximum absolute atomic E-state index is 5.94. The molecular formula is C16H16N6O. The van der Waals surface area contributed by atoms with E-state index in [0.29, 0.717) is 23.1 Å². The Balaban J connectivity index is 0.00000113. The normalized spacial score (nSPS) is 10.8. The van der Waals surface area contributed by atoms with Gasteiger partial charge in [-0.15, -0.1) is 0 Å². The molecule has 0 bridgehead atoms. The van der Waals surface area contributed by atoms with Crippen LogP contribution < -0.4 is 10.5 Å². The molecule has 0 aliphatic rings. The van der Waals surface area contributed by atoms with Gasteiger partial charge >= 0.3 is 0 Å². The molecule has 0 saturated heterocycles. The van der Waals surface area contributed by atoms with Crippen molar-refractivity contribution in [3.8, 4) is 23.1 Å². The second kappa shape index (κ2) is 5.38. The molecule has 0 amide bonds. The van der Waals surface area contributed by atoms with Gasteiger partial charge in [-0.25, -0.2) is 15.0 Å². The number of hydrogen-bond acceptors (Lipinski definition) is 6.